The summed E-state index contributed by atoms with van der Waals surface area (Å²) < 4.78 is 6.11. The van der Waals surface area contributed by atoms with Gasteiger partial charge in [-0.2, -0.15) is 0 Å². The van der Waals surface area contributed by atoms with Crippen molar-refractivity contribution in [1.82, 2.24) is 5.32 Å². The first-order chi connectivity index (χ1) is 7.68. The molecule has 1 saturated heterocycles. The van der Waals surface area contributed by atoms with Crippen LogP contribution in [-0.2, 0) is 4.74 Å². The monoisotopic (exact) mass is 223 g/mol. The van der Waals surface area contributed by atoms with Gasteiger partial charge in [0.2, 0.25) is 0 Å². The van der Waals surface area contributed by atoms with Gasteiger partial charge in [0.25, 0.3) is 0 Å². The van der Waals surface area contributed by atoms with Gasteiger partial charge in [-0.15, -0.1) is 0 Å². The first-order valence-corrected chi connectivity index (χ1v) is 7.03. The Labute approximate surface area is 101 Å². The summed E-state index contributed by atoms with van der Waals surface area (Å²) >= 11 is 0. The highest BCUT2D eigenvalue weighted by atomic mass is 16.5. The van der Waals surface area contributed by atoms with Crippen molar-refractivity contribution < 1.29 is 4.74 Å². The molecule has 0 amide bonds. The molecule has 1 aliphatic heterocycles. The highest BCUT2D eigenvalue weighted by molar-refractivity contribution is 6.08. The molecule has 0 unspecified atom stereocenters. The van der Waals surface area contributed by atoms with Crippen LogP contribution in [0.25, 0.3) is 0 Å². The molecule has 1 atom stereocenters. The fourth-order valence-corrected chi connectivity index (χ4v) is 3.55. The lowest BCUT2D eigenvalue weighted by Crippen LogP contribution is -2.43. The van der Waals surface area contributed by atoms with E-state index in [0.717, 1.165) is 13.1 Å². The first-order valence-electron chi connectivity index (χ1n) is 7.03. The number of hydrogen-bond acceptors (Lipinski definition) is 2. The molecule has 92 valence electrons. The molecule has 2 rings (SSSR count). The molecular weight excluding hydrogens is 197 g/mol. The second kappa shape index (κ2) is 5.09. The van der Waals surface area contributed by atoms with Gasteiger partial charge in [-0.1, -0.05) is 19.8 Å². The van der Waals surface area contributed by atoms with E-state index in [2.05, 4.69) is 20.1 Å². The molecule has 3 heteroatoms. The topological polar surface area (TPSA) is 21.3 Å². The normalized spacial score (nSPS) is 33.3. The Morgan fingerprint density at radius 3 is 2.69 bits per heavy atom. The van der Waals surface area contributed by atoms with Crippen molar-refractivity contribution in [2.24, 2.45) is 5.41 Å². The van der Waals surface area contributed by atoms with Crippen LogP contribution in [0.4, 0.5) is 0 Å². The lowest BCUT2D eigenvalue weighted by molar-refractivity contribution is -0.119. The number of nitrogens with one attached hydrogen (secondary N) is 1. The zero-order valence-corrected chi connectivity index (χ0v) is 11.0. The van der Waals surface area contributed by atoms with Gasteiger partial charge in [-0.3, -0.25) is 0 Å². The van der Waals surface area contributed by atoms with Crippen LogP contribution in [0.2, 0.25) is 0 Å². The SMILES string of the molecule is BCNCC[C@]1(C)CCOC2(CCCC2)C1. The lowest BCUT2D eigenvalue weighted by atomic mass is 9.71. The van der Waals surface area contributed by atoms with Gasteiger partial charge in [0.05, 0.1) is 5.60 Å². The Balaban J connectivity index is 1.89. The van der Waals surface area contributed by atoms with Crippen molar-refractivity contribution in [2.75, 3.05) is 19.6 Å². The number of rotatable bonds is 4. The van der Waals surface area contributed by atoms with Gasteiger partial charge in [0, 0.05) is 6.61 Å². The predicted molar refractivity (Wildman–Crippen MR) is 70.5 cm³/mol. The van der Waals surface area contributed by atoms with Gasteiger partial charge in [-0.05, 0) is 50.5 Å². The van der Waals surface area contributed by atoms with Gasteiger partial charge in [0.1, 0.15) is 7.85 Å². The Morgan fingerprint density at radius 1 is 1.25 bits per heavy atom. The van der Waals surface area contributed by atoms with E-state index in [1.54, 1.807) is 0 Å². The van der Waals surface area contributed by atoms with E-state index in [1.807, 2.05) is 0 Å². The van der Waals surface area contributed by atoms with E-state index in [-0.39, 0.29) is 5.60 Å². The van der Waals surface area contributed by atoms with Crippen molar-refractivity contribution in [1.29, 1.82) is 0 Å². The molecule has 1 saturated carbocycles. The molecule has 0 aromatic rings. The van der Waals surface area contributed by atoms with Crippen LogP contribution in [0.1, 0.15) is 51.9 Å². The molecule has 0 bridgehead atoms. The highest BCUT2D eigenvalue weighted by Crippen LogP contribution is 2.48. The van der Waals surface area contributed by atoms with E-state index < -0.39 is 0 Å². The third-order valence-electron chi connectivity index (χ3n) is 4.53. The molecule has 1 aliphatic carbocycles. The van der Waals surface area contributed by atoms with Gasteiger partial charge < -0.3 is 10.1 Å². The van der Waals surface area contributed by atoms with E-state index in [1.165, 1.54) is 51.5 Å². The largest absolute Gasteiger partial charge is 0.375 e. The average molecular weight is 223 g/mol. The van der Waals surface area contributed by atoms with Crippen LogP contribution >= 0.6 is 0 Å². The summed E-state index contributed by atoms with van der Waals surface area (Å²) in [6.07, 6.45) is 10.3. The van der Waals surface area contributed by atoms with Gasteiger partial charge in [-0.25, -0.2) is 0 Å². The van der Waals surface area contributed by atoms with E-state index in [9.17, 15) is 0 Å². The highest BCUT2D eigenvalue weighted by Gasteiger charge is 2.44. The molecular formula is C13H26BNO. The zero-order valence-electron chi connectivity index (χ0n) is 11.0. The van der Waals surface area contributed by atoms with Crippen LogP contribution in [0.3, 0.4) is 0 Å². The zero-order chi connectivity index (χ0) is 11.5. The fourth-order valence-electron chi connectivity index (χ4n) is 3.55. The summed E-state index contributed by atoms with van der Waals surface area (Å²) in [6.45, 7) is 4.62. The second-order valence-electron chi connectivity index (χ2n) is 6.08. The van der Waals surface area contributed by atoms with Crippen LogP contribution in [0, 0.1) is 5.41 Å². The minimum atomic E-state index is 0.277. The van der Waals surface area contributed by atoms with E-state index in [4.69, 9.17) is 4.74 Å². The minimum absolute atomic E-state index is 0.277. The van der Waals surface area contributed by atoms with Crippen molar-refractivity contribution in [2.45, 2.75) is 57.5 Å². The molecule has 1 N–H and O–H groups in total. The molecule has 0 aromatic heterocycles. The van der Waals surface area contributed by atoms with Crippen LogP contribution in [-0.4, -0.2) is 33.0 Å². The van der Waals surface area contributed by atoms with Gasteiger partial charge in [0.15, 0.2) is 0 Å². The maximum Gasteiger partial charge on any atom is 0.119 e. The smallest absolute Gasteiger partial charge is 0.119 e. The van der Waals surface area contributed by atoms with Crippen molar-refractivity contribution >= 4 is 7.85 Å². The third-order valence-corrected chi connectivity index (χ3v) is 4.53. The summed E-state index contributed by atoms with van der Waals surface area (Å²) in [5.74, 6) is 0. The van der Waals surface area contributed by atoms with E-state index in [0.29, 0.717) is 5.41 Å². The van der Waals surface area contributed by atoms with Crippen molar-refractivity contribution in [3.63, 3.8) is 0 Å². The standard InChI is InChI=1S/C13H26BNO/c1-12(6-8-15-11-14)7-9-16-13(10-12)4-2-3-5-13/h15H,2-11,14H2,1H3/t12-/m1/s1. The minimum Gasteiger partial charge on any atom is -0.375 e. The predicted octanol–water partition coefficient (Wildman–Crippen LogP) is 1.69. The molecule has 16 heavy (non-hydrogen) atoms. The molecule has 2 nitrogen and oxygen atoms in total. The lowest BCUT2D eigenvalue weighted by Gasteiger charge is -2.45. The molecule has 0 aromatic carbocycles. The summed E-state index contributed by atoms with van der Waals surface area (Å²) in [6, 6.07) is 0. The summed E-state index contributed by atoms with van der Waals surface area (Å²) in [4.78, 5) is 0. The number of ether oxygens (including phenoxy) is 1. The molecule has 1 heterocycles. The first kappa shape index (κ1) is 12.4. The Morgan fingerprint density at radius 2 is 2.00 bits per heavy atom. The van der Waals surface area contributed by atoms with Crippen LogP contribution in [0.5, 0.6) is 0 Å². The summed E-state index contributed by atoms with van der Waals surface area (Å²) in [5, 5.41) is 3.46. The quantitative estimate of drug-likeness (QED) is 0.578. The van der Waals surface area contributed by atoms with E-state index >= 15 is 0 Å². The molecule has 2 fully saturated rings. The third kappa shape index (κ3) is 2.81. The second-order valence-corrected chi connectivity index (χ2v) is 6.08. The Hall–Kier alpha value is -0.0151. The number of hydrogen-bond donors (Lipinski definition) is 1. The Kier molecular flexibility index (Phi) is 3.96. The Bertz CT molecular complexity index is 228. The molecule has 1 spiro atoms. The fraction of sp³-hybridized carbons (Fsp3) is 1.00. The maximum atomic E-state index is 6.11. The van der Waals surface area contributed by atoms with Crippen molar-refractivity contribution in [3.8, 4) is 0 Å². The van der Waals surface area contributed by atoms with Gasteiger partial charge >= 0.3 is 0 Å². The molecule has 2 aliphatic rings. The summed E-state index contributed by atoms with van der Waals surface area (Å²) in [5.41, 5.74) is 0.796. The summed E-state index contributed by atoms with van der Waals surface area (Å²) in [7, 11) is 2.19. The average Bonchev–Trinajstić information content (AvgIpc) is 2.66. The van der Waals surface area contributed by atoms with Crippen LogP contribution < -0.4 is 5.32 Å². The molecule has 0 radical (unpaired) electrons. The van der Waals surface area contributed by atoms with Crippen molar-refractivity contribution in [3.05, 3.63) is 0 Å². The maximum absolute atomic E-state index is 6.11. The van der Waals surface area contributed by atoms with Crippen LogP contribution in [0.15, 0.2) is 0 Å².